The predicted molar refractivity (Wildman–Crippen MR) is 109 cm³/mol. The first-order chi connectivity index (χ1) is 13.2. The second kappa shape index (κ2) is 6.93. The monoisotopic (exact) mass is 350 g/mol. The van der Waals surface area contributed by atoms with Gasteiger partial charge in [0.2, 0.25) is 5.78 Å². The van der Waals surface area contributed by atoms with Crippen molar-refractivity contribution < 1.29 is 4.79 Å². The van der Waals surface area contributed by atoms with Crippen LogP contribution in [0.15, 0.2) is 78.4 Å². The molecule has 0 spiro atoms. The fourth-order valence-electron chi connectivity index (χ4n) is 3.56. The number of hydrogen-bond acceptors (Lipinski definition) is 2. The highest BCUT2D eigenvalue weighted by Crippen LogP contribution is 2.30. The zero-order valence-electron chi connectivity index (χ0n) is 15.0. The van der Waals surface area contributed by atoms with Crippen LogP contribution in [0, 0.1) is 11.3 Å². The molecule has 0 fully saturated rings. The van der Waals surface area contributed by atoms with Gasteiger partial charge in [0.05, 0.1) is 0 Å². The minimum absolute atomic E-state index is 0.139. The van der Waals surface area contributed by atoms with E-state index in [9.17, 15) is 10.1 Å². The third-order valence-corrected chi connectivity index (χ3v) is 4.82. The molecule has 0 amide bonds. The summed E-state index contributed by atoms with van der Waals surface area (Å²) < 4.78 is 2.28. The number of aryl methyl sites for hydroxylation is 1. The molecule has 0 N–H and O–H groups in total. The van der Waals surface area contributed by atoms with Crippen molar-refractivity contribution in [2.45, 2.75) is 13.5 Å². The molecule has 0 aliphatic heterocycles. The number of nitriles is 1. The Bertz CT molecular complexity index is 1220. The Hall–Kier alpha value is -3.64. The number of aromatic nitrogens is 1. The number of nitrogens with zero attached hydrogens (tertiary/aromatic N) is 2. The Kier molecular flexibility index (Phi) is 4.32. The maximum atomic E-state index is 12.6. The molecular formula is C24H18N2O. The number of benzene rings is 3. The molecule has 0 saturated heterocycles. The van der Waals surface area contributed by atoms with E-state index in [0.717, 1.165) is 23.0 Å². The molecule has 0 aliphatic carbocycles. The average Bonchev–Trinajstić information content (AvgIpc) is 3.05. The third-order valence-electron chi connectivity index (χ3n) is 4.82. The molecule has 0 aliphatic rings. The number of para-hydroxylation sites is 1. The van der Waals surface area contributed by atoms with Crippen LogP contribution < -0.4 is 0 Å². The maximum Gasteiger partial charge on any atom is 0.203 e. The van der Waals surface area contributed by atoms with Crippen LogP contribution in [-0.2, 0) is 6.54 Å². The van der Waals surface area contributed by atoms with Crippen LogP contribution in [0.3, 0.4) is 0 Å². The predicted octanol–water partition coefficient (Wildman–Crippen LogP) is 5.60. The minimum atomic E-state index is -0.255. The molecule has 0 atom stereocenters. The summed E-state index contributed by atoms with van der Waals surface area (Å²) in [4.78, 5) is 12.6. The molecule has 1 aromatic heterocycles. The van der Waals surface area contributed by atoms with E-state index in [1.807, 2.05) is 24.3 Å². The Balaban J connectivity index is 1.84. The van der Waals surface area contributed by atoms with Gasteiger partial charge in [-0.25, -0.2) is 0 Å². The van der Waals surface area contributed by atoms with Crippen LogP contribution >= 0.6 is 0 Å². The molecule has 0 unspecified atom stereocenters. The lowest BCUT2D eigenvalue weighted by molar-refractivity contribution is 0.104. The van der Waals surface area contributed by atoms with Gasteiger partial charge in [0.1, 0.15) is 11.6 Å². The fourth-order valence-corrected chi connectivity index (χ4v) is 3.56. The zero-order chi connectivity index (χ0) is 18.8. The van der Waals surface area contributed by atoms with E-state index in [2.05, 4.69) is 41.8 Å². The number of allylic oxidation sites excluding steroid dienone is 1. The van der Waals surface area contributed by atoms with Crippen molar-refractivity contribution in [3.63, 3.8) is 0 Å². The van der Waals surface area contributed by atoms with Gasteiger partial charge in [-0.15, -0.1) is 0 Å². The summed E-state index contributed by atoms with van der Waals surface area (Å²) in [5, 5.41) is 11.8. The summed E-state index contributed by atoms with van der Waals surface area (Å²) in [5.41, 5.74) is 3.86. The van der Waals surface area contributed by atoms with Crippen molar-refractivity contribution in [1.82, 2.24) is 4.57 Å². The van der Waals surface area contributed by atoms with E-state index >= 15 is 0 Å². The Morgan fingerprint density at radius 2 is 1.67 bits per heavy atom. The quantitative estimate of drug-likeness (QED) is 0.273. The first kappa shape index (κ1) is 16.8. The molecule has 4 rings (SSSR count). The van der Waals surface area contributed by atoms with Gasteiger partial charge in [0, 0.05) is 33.9 Å². The van der Waals surface area contributed by atoms with Crippen LogP contribution in [0.1, 0.15) is 22.8 Å². The second-order valence-corrected chi connectivity index (χ2v) is 6.40. The van der Waals surface area contributed by atoms with Crippen LogP contribution in [0.2, 0.25) is 0 Å². The molecule has 4 aromatic rings. The Labute approximate surface area is 157 Å². The fraction of sp³-hybridized carbons (Fsp3) is 0.0833. The van der Waals surface area contributed by atoms with Crippen molar-refractivity contribution in [3.8, 4) is 6.07 Å². The number of carbonyl (C=O) groups excluding carboxylic acids is 1. The normalized spacial score (nSPS) is 11.6. The lowest BCUT2D eigenvalue weighted by Gasteiger charge is -2.03. The minimum Gasteiger partial charge on any atom is -0.341 e. The lowest BCUT2D eigenvalue weighted by atomic mass is 10.0. The molecule has 3 aromatic carbocycles. The summed E-state index contributed by atoms with van der Waals surface area (Å²) >= 11 is 0. The van der Waals surface area contributed by atoms with Gasteiger partial charge in [-0.3, -0.25) is 4.79 Å². The molecule has 0 saturated carbocycles. The number of Topliss-reactive ketones (excluding diaryl/α,β-unsaturated/α-hetero) is 1. The number of ketones is 1. The number of carbonyl (C=O) groups is 1. The summed E-state index contributed by atoms with van der Waals surface area (Å²) in [5.74, 6) is -0.255. The van der Waals surface area contributed by atoms with Crippen molar-refractivity contribution in [2.24, 2.45) is 0 Å². The molecule has 27 heavy (non-hydrogen) atoms. The van der Waals surface area contributed by atoms with E-state index in [-0.39, 0.29) is 11.4 Å². The van der Waals surface area contributed by atoms with Gasteiger partial charge in [0.25, 0.3) is 0 Å². The van der Waals surface area contributed by atoms with Gasteiger partial charge in [-0.1, -0.05) is 54.6 Å². The lowest BCUT2D eigenvalue weighted by Crippen LogP contribution is -2.01. The van der Waals surface area contributed by atoms with Gasteiger partial charge in [-0.05, 0) is 36.8 Å². The molecule has 0 bridgehead atoms. The summed E-state index contributed by atoms with van der Waals surface area (Å²) in [7, 11) is 0. The van der Waals surface area contributed by atoms with E-state index < -0.39 is 0 Å². The first-order valence-electron chi connectivity index (χ1n) is 8.95. The number of rotatable bonds is 4. The Morgan fingerprint density at radius 3 is 2.41 bits per heavy atom. The van der Waals surface area contributed by atoms with E-state index in [1.54, 1.807) is 30.3 Å². The standard InChI is InChI=1S/C24H18N2O/c1-2-26-22-11-7-6-10-20(22)21-15-17(12-13-23(21)26)14-19(16-25)24(27)18-8-4-3-5-9-18/h3-15H,2H2,1H3/b19-14+. The van der Waals surface area contributed by atoms with Crippen molar-refractivity contribution >= 4 is 33.7 Å². The molecule has 1 heterocycles. The largest absolute Gasteiger partial charge is 0.341 e. The number of hydrogen-bond donors (Lipinski definition) is 0. The highest BCUT2D eigenvalue weighted by molar-refractivity contribution is 6.14. The van der Waals surface area contributed by atoms with Crippen LogP contribution in [0.5, 0.6) is 0 Å². The highest BCUT2D eigenvalue weighted by atomic mass is 16.1. The topological polar surface area (TPSA) is 45.8 Å². The highest BCUT2D eigenvalue weighted by Gasteiger charge is 2.13. The number of fused-ring (bicyclic) bond motifs is 3. The summed E-state index contributed by atoms with van der Waals surface area (Å²) in [6.45, 7) is 3.02. The van der Waals surface area contributed by atoms with Crippen LogP contribution in [0.4, 0.5) is 0 Å². The molecular weight excluding hydrogens is 332 g/mol. The first-order valence-corrected chi connectivity index (χ1v) is 8.95. The van der Waals surface area contributed by atoms with Gasteiger partial charge in [-0.2, -0.15) is 5.26 Å². The van der Waals surface area contributed by atoms with Crippen molar-refractivity contribution in [3.05, 3.63) is 89.5 Å². The average molecular weight is 350 g/mol. The smallest absolute Gasteiger partial charge is 0.203 e. The van der Waals surface area contributed by atoms with Crippen LogP contribution in [-0.4, -0.2) is 10.4 Å². The van der Waals surface area contributed by atoms with Gasteiger partial charge >= 0.3 is 0 Å². The zero-order valence-corrected chi connectivity index (χ0v) is 15.0. The SMILES string of the molecule is CCn1c2ccccc2c2cc(/C=C(\C#N)C(=O)c3ccccc3)ccc21. The Morgan fingerprint density at radius 1 is 0.963 bits per heavy atom. The van der Waals surface area contributed by atoms with E-state index in [0.29, 0.717) is 5.56 Å². The molecule has 3 nitrogen and oxygen atoms in total. The molecule has 0 radical (unpaired) electrons. The van der Waals surface area contributed by atoms with Gasteiger partial charge < -0.3 is 4.57 Å². The molecule has 3 heteroatoms. The van der Waals surface area contributed by atoms with Crippen LogP contribution in [0.25, 0.3) is 27.9 Å². The maximum absolute atomic E-state index is 12.6. The van der Waals surface area contributed by atoms with Gasteiger partial charge in [0.15, 0.2) is 0 Å². The van der Waals surface area contributed by atoms with Crippen molar-refractivity contribution in [1.29, 1.82) is 5.26 Å². The third kappa shape index (κ3) is 2.92. The second-order valence-electron chi connectivity index (χ2n) is 6.40. The summed E-state index contributed by atoms with van der Waals surface area (Å²) in [6.07, 6.45) is 1.67. The van der Waals surface area contributed by atoms with E-state index in [4.69, 9.17) is 0 Å². The van der Waals surface area contributed by atoms with Crippen molar-refractivity contribution in [2.75, 3.05) is 0 Å². The van der Waals surface area contributed by atoms with E-state index in [1.165, 1.54) is 10.9 Å². The summed E-state index contributed by atoms with van der Waals surface area (Å²) in [6, 6.07) is 25.3. The molecule has 130 valence electrons.